The molecule has 15 heavy (non-hydrogen) atoms. The van der Waals surface area contributed by atoms with Gasteiger partial charge in [-0.05, 0) is 60.7 Å². The number of benzene rings is 1. The Hall–Kier alpha value is -0.0600. The van der Waals surface area contributed by atoms with E-state index in [-0.39, 0.29) is 0 Å². The molecule has 0 spiro atoms. The number of nitrogens with one attached hydrogen (secondary N) is 1. The molecule has 0 radical (unpaired) electrons. The van der Waals surface area contributed by atoms with Crippen LogP contribution in [-0.4, -0.2) is 7.05 Å². The highest BCUT2D eigenvalue weighted by molar-refractivity contribution is 14.1. The van der Waals surface area contributed by atoms with Gasteiger partial charge in [-0.3, -0.25) is 0 Å². The molecule has 1 atom stereocenters. The molecule has 0 bridgehead atoms. The molecule has 1 N–H and O–H groups in total. The lowest BCUT2D eigenvalue weighted by Crippen LogP contribution is -2.16. The molecule has 1 aromatic carbocycles. The molecule has 1 aromatic rings. The third-order valence-electron chi connectivity index (χ3n) is 2.25. The summed E-state index contributed by atoms with van der Waals surface area (Å²) < 4.78 is 1.09. The lowest BCUT2D eigenvalue weighted by molar-refractivity contribution is 0.590. The zero-order valence-corrected chi connectivity index (χ0v) is 11.9. The molecule has 1 unspecified atom stereocenters. The van der Waals surface area contributed by atoms with Gasteiger partial charge < -0.3 is 5.32 Å². The fraction of sp³-hybridized carbons (Fsp3) is 0.333. The second kappa shape index (κ2) is 5.87. The Morgan fingerprint density at radius 3 is 2.73 bits per heavy atom. The Balaban J connectivity index is 2.92. The van der Waals surface area contributed by atoms with E-state index in [1.54, 1.807) is 0 Å². The van der Waals surface area contributed by atoms with E-state index in [9.17, 15) is 0 Å². The van der Waals surface area contributed by atoms with Crippen LogP contribution in [0.2, 0.25) is 5.02 Å². The molecular formula is C12H15ClIN. The van der Waals surface area contributed by atoms with Crippen molar-refractivity contribution in [2.24, 2.45) is 0 Å². The van der Waals surface area contributed by atoms with Gasteiger partial charge >= 0.3 is 0 Å². The van der Waals surface area contributed by atoms with E-state index in [0.717, 1.165) is 15.0 Å². The molecule has 0 aliphatic rings. The van der Waals surface area contributed by atoms with Crippen LogP contribution in [0.5, 0.6) is 0 Å². The Morgan fingerprint density at radius 1 is 1.60 bits per heavy atom. The quantitative estimate of drug-likeness (QED) is 0.643. The van der Waals surface area contributed by atoms with Gasteiger partial charge in [-0.1, -0.05) is 23.2 Å². The summed E-state index contributed by atoms with van der Waals surface area (Å²) in [5, 5.41) is 4.09. The molecule has 0 saturated carbocycles. The van der Waals surface area contributed by atoms with Crippen LogP contribution in [0, 0.1) is 3.57 Å². The van der Waals surface area contributed by atoms with Crippen LogP contribution in [0.3, 0.4) is 0 Å². The Kier molecular flexibility index (Phi) is 5.09. The smallest absolute Gasteiger partial charge is 0.0542 e. The van der Waals surface area contributed by atoms with Gasteiger partial charge in [0.25, 0.3) is 0 Å². The first kappa shape index (κ1) is 13.0. The molecule has 3 heteroatoms. The van der Waals surface area contributed by atoms with E-state index in [2.05, 4.69) is 40.6 Å². The van der Waals surface area contributed by atoms with Crippen molar-refractivity contribution in [2.45, 2.75) is 19.4 Å². The monoisotopic (exact) mass is 335 g/mol. The van der Waals surface area contributed by atoms with Gasteiger partial charge in [0, 0.05) is 9.61 Å². The molecule has 1 nitrogen and oxygen atoms in total. The minimum absolute atomic E-state index is 0.303. The average Bonchev–Trinajstić information content (AvgIpc) is 2.18. The highest BCUT2D eigenvalue weighted by Gasteiger charge is 2.10. The van der Waals surface area contributed by atoms with E-state index in [1.807, 2.05) is 26.1 Å². The van der Waals surface area contributed by atoms with Crippen LogP contribution in [0.1, 0.15) is 24.9 Å². The molecule has 0 fully saturated rings. The van der Waals surface area contributed by atoms with Crippen molar-refractivity contribution in [3.63, 3.8) is 0 Å². The first-order chi connectivity index (χ1) is 7.04. The van der Waals surface area contributed by atoms with Crippen LogP contribution in [0.25, 0.3) is 0 Å². The Bertz CT molecular complexity index is 363. The first-order valence-electron chi connectivity index (χ1n) is 4.81. The van der Waals surface area contributed by atoms with Gasteiger partial charge in [-0.15, -0.1) is 6.58 Å². The third kappa shape index (κ3) is 3.78. The molecule has 0 aliphatic carbocycles. The minimum Gasteiger partial charge on any atom is -0.313 e. The standard InChI is InChI=1S/C12H15ClIN/c1-8(2)6-12(15-3)9-4-5-11(14)10(13)7-9/h4-5,7,12,15H,1,6H2,2-3H3. The van der Waals surface area contributed by atoms with Gasteiger partial charge in [0.2, 0.25) is 0 Å². The summed E-state index contributed by atoms with van der Waals surface area (Å²) in [7, 11) is 1.96. The predicted molar refractivity (Wildman–Crippen MR) is 75.4 cm³/mol. The summed E-state index contributed by atoms with van der Waals surface area (Å²) in [6.45, 7) is 5.97. The topological polar surface area (TPSA) is 12.0 Å². The summed E-state index contributed by atoms with van der Waals surface area (Å²) in [5.41, 5.74) is 2.38. The van der Waals surface area contributed by atoms with Crippen LogP contribution in [0.15, 0.2) is 30.4 Å². The van der Waals surface area contributed by atoms with Crippen molar-refractivity contribution >= 4 is 34.2 Å². The summed E-state index contributed by atoms with van der Waals surface area (Å²) in [6.07, 6.45) is 0.938. The molecule has 0 aromatic heterocycles. The second-order valence-electron chi connectivity index (χ2n) is 3.68. The van der Waals surface area contributed by atoms with E-state index < -0.39 is 0 Å². The molecule has 0 saturated heterocycles. The van der Waals surface area contributed by atoms with Gasteiger partial charge in [0.05, 0.1) is 5.02 Å². The average molecular weight is 336 g/mol. The fourth-order valence-corrected chi connectivity index (χ4v) is 1.99. The van der Waals surface area contributed by atoms with E-state index >= 15 is 0 Å². The maximum atomic E-state index is 6.09. The molecular weight excluding hydrogens is 320 g/mol. The second-order valence-corrected chi connectivity index (χ2v) is 5.25. The van der Waals surface area contributed by atoms with Crippen molar-refractivity contribution in [1.29, 1.82) is 0 Å². The minimum atomic E-state index is 0.303. The maximum absolute atomic E-state index is 6.09. The van der Waals surface area contributed by atoms with Crippen LogP contribution in [0.4, 0.5) is 0 Å². The van der Waals surface area contributed by atoms with Gasteiger partial charge in [-0.25, -0.2) is 0 Å². The van der Waals surface area contributed by atoms with Crippen molar-refractivity contribution < 1.29 is 0 Å². The number of hydrogen-bond donors (Lipinski definition) is 1. The zero-order chi connectivity index (χ0) is 11.4. The number of rotatable bonds is 4. The van der Waals surface area contributed by atoms with Crippen molar-refractivity contribution in [3.05, 3.63) is 44.5 Å². The molecule has 1 rings (SSSR count). The van der Waals surface area contributed by atoms with E-state index in [4.69, 9.17) is 11.6 Å². The van der Waals surface area contributed by atoms with E-state index in [0.29, 0.717) is 6.04 Å². The fourth-order valence-electron chi connectivity index (χ4n) is 1.46. The first-order valence-corrected chi connectivity index (χ1v) is 6.27. The largest absolute Gasteiger partial charge is 0.313 e. The Morgan fingerprint density at radius 2 is 2.27 bits per heavy atom. The van der Waals surface area contributed by atoms with Crippen LogP contribution in [-0.2, 0) is 0 Å². The highest BCUT2D eigenvalue weighted by Crippen LogP contribution is 2.26. The van der Waals surface area contributed by atoms with Crippen molar-refractivity contribution in [2.75, 3.05) is 7.05 Å². The van der Waals surface area contributed by atoms with E-state index in [1.165, 1.54) is 11.1 Å². The van der Waals surface area contributed by atoms with Gasteiger partial charge in [0.1, 0.15) is 0 Å². The summed E-state index contributed by atoms with van der Waals surface area (Å²) in [5.74, 6) is 0. The predicted octanol–water partition coefficient (Wildman–Crippen LogP) is 4.17. The summed E-state index contributed by atoms with van der Waals surface area (Å²) >= 11 is 8.33. The number of halogens is 2. The van der Waals surface area contributed by atoms with Crippen molar-refractivity contribution in [1.82, 2.24) is 5.32 Å². The SMILES string of the molecule is C=C(C)CC(NC)c1ccc(I)c(Cl)c1. The molecule has 82 valence electrons. The van der Waals surface area contributed by atoms with Crippen molar-refractivity contribution in [3.8, 4) is 0 Å². The molecule has 0 aliphatic heterocycles. The summed E-state index contributed by atoms with van der Waals surface area (Å²) in [4.78, 5) is 0. The van der Waals surface area contributed by atoms with Crippen LogP contribution >= 0.6 is 34.2 Å². The van der Waals surface area contributed by atoms with Gasteiger partial charge in [0.15, 0.2) is 0 Å². The number of hydrogen-bond acceptors (Lipinski definition) is 1. The lowest BCUT2D eigenvalue weighted by atomic mass is 10.0. The third-order valence-corrected chi connectivity index (χ3v) is 3.82. The molecule has 0 amide bonds. The molecule has 0 heterocycles. The van der Waals surface area contributed by atoms with Crippen LogP contribution < -0.4 is 5.32 Å². The summed E-state index contributed by atoms with van der Waals surface area (Å²) in [6, 6.07) is 6.48. The normalized spacial score (nSPS) is 12.5. The highest BCUT2D eigenvalue weighted by atomic mass is 127. The maximum Gasteiger partial charge on any atom is 0.0542 e. The Labute approximate surface area is 110 Å². The van der Waals surface area contributed by atoms with Gasteiger partial charge in [-0.2, -0.15) is 0 Å². The zero-order valence-electron chi connectivity index (χ0n) is 8.98. The lowest BCUT2D eigenvalue weighted by Gasteiger charge is -2.17.